The molecule has 0 spiro atoms. The van der Waals surface area contributed by atoms with Crippen LogP contribution in [0.3, 0.4) is 0 Å². The van der Waals surface area contributed by atoms with Crippen molar-refractivity contribution in [2.75, 3.05) is 0 Å². The molecule has 7 heteroatoms. The number of aliphatic hydroxyl groups excluding tert-OH is 1. The van der Waals surface area contributed by atoms with Crippen molar-refractivity contribution in [2.24, 2.45) is 0 Å². The van der Waals surface area contributed by atoms with Crippen LogP contribution >= 0.6 is 0 Å². The maximum Gasteiger partial charge on any atom is 0.416 e. The lowest BCUT2D eigenvalue weighted by atomic mass is 10.1. The summed E-state index contributed by atoms with van der Waals surface area (Å²) in [6.07, 6.45) is 5.04. The van der Waals surface area contributed by atoms with E-state index in [1.807, 2.05) is 17.0 Å². The van der Waals surface area contributed by atoms with Gasteiger partial charge in [-0.25, -0.2) is 0 Å². The Hall–Kier alpha value is -2.54. The molecule has 1 aromatic carbocycles. The number of alkyl halides is 3. The summed E-state index contributed by atoms with van der Waals surface area (Å²) >= 11 is 0. The molecule has 0 aliphatic carbocycles. The van der Waals surface area contributed by atoms with E-state index < -0.39 is 17.8 Å². The van der Waals surface area contributed by atoms with E-state index in [1.54, 1.807) is 23.1 Å². The van der Waals surface area contributed by atoms with E-state index in [1.165, 1.54) is 11.6 Å². The van der Waals surface area contributed by atoms with Crippen LogP contribution in [0.2, 0.25) is 0 Å². The number of rotatable bonds is 8. The molecule has 3 rings (SSSR count). The third-order valence-electron chi connectivity index (χ3n) is 4.53. The molecule has 28 heavy (non-hydrogen) atoms. The number of aliphatic hydroxyl groups is 1. The van der Waals surface area contributed by atoms with Gasteiger partial charge in [0.15, 0.2) is 0 Å². The third-order valence-corrected chi connectivity index (χ3v) is 4.53. The Morgan fingerprint density at radius 1 is 1.11 bits per heavy atom. The van der Waals surface area contributed by atoms with Gasteiger partial charge in [0.2, 0.25) is 0 Å². The Balaban J connectivity index is 1.57. The van der Waals surface area contributed by atoms with Crippen molar-refractivity contribution in [3.8, 4) is 0 Å². The van der Waals surface area contributed by atoms with Crippen LogP contribution in [0.4, 0.5) is 13.2 Å². The molecule has 0 aliphatic rings. The Morgan fingerprint density at radius 3 is 2.68 bits per heavy atom. The monoisotopic (exact) mass is 391 g/mol. The Bertz CT molecular complexity index is 898. The smallest absolute Gasteiger partial charge is 0.391 e. The molecule has 0 amide bonds. The molecule has 1 N–H and O–H groups in total. The number of aryl methyl sites for hydroxylation is 1. The Morgan fingerprint density at radius 2 is 1.93 bits per heavy atom. The van der Waals surface area contributed by atoms with Gasteiger partial charge in [-0.05, 0) is 41.3 Å². The van der Waals surface area contributed by atoms with Crippen LogP contribution in [-0.4, -0.2) is 25.6 Å². The number of hydrogen-bond donors (Lipinski definition) is 1. The summed E-state index contributed by atoms with van der Waals surface area (Å²) in [7, 11) is 0. The predicted octanol–water partition coefficient (Wildman–Crippen LogP) is 4.31. The molecule has 2 aromatic heterocycles. The van der Waals surface area contributed by atoms with E-state index >= 15 is 0 Å². The average Bonchev–Trinajstić information content (AvgIpc) is 3.24. The molecule has 2 heterocycles. The standard InChI is InChI=1S/C21H24F3N3O/c1-2-4-16-7-8-26(12-16)15-20(28)10-18-11-25-27(14-18)13-17-5-3-6-19(9-17)21(22,23)24/h3,5-9,11-12,14,20,28H,2,4,10,13,15H2,1H3. The molecule has 0 saturated carbocycles. The lowest BCUT2D eigenvalue weighted by molar-refractivity contribution is -0.137. The fourth-order valence-electron chi connectivity index (χ4n) is 3.25. The summed E-state index contributed by atoms with van der Waals surface area (Å²) in [4.78, 5) is 0. The van der Waals surface area contributed by atoms with Crippen LogP contribution in [0.1, 0.15) is 35.6 Å². The topological polar surface area (TPSA) is 43.0 Å². The third kappa shape index (κ3) is 5.48. The summed E-state index contributed by atoms with van der Waals surface area (Å²) in [6.45, 7) is 2.86. The van der Waals surface area contributed by atoms with Gasteiger partial charge in [-0.2, -0.15) is 18.3 Å². The van der Waals surface area contributed by atoms with Gasteiger partial charge in [-0.15, -0.1) is 0 Å². The highest BCUT2D eigenvalue weighted by molar-refractivity contribution is 5.26. The van der Waals surface area contributed by atoms with Crippen molar-refractivity contribution >= 4 is 0 Å². The first-order valence-electron chi connectivity index (χ1n) is 9.33. The highest BCUT2D eigenvalue weighted by Crippen LogP contribution is 2.29. The number of nitrogens with zero attached hydrogens (tertiary/aromatic N) is 3. The van der Waals surface area contributed by atoms with E-state index in [9.17, 15) is 18.3 Å². The van der Waals surface area contributed by atoms with Gasteiger partial charge in [0.05, 0.1) is 24.4 Å². The van der Waals surface area contributed by atoms with E-state index in [0.29, 0.717) is 18.5 Å². The number of halogens is 3. The van der Waals surface area contributed by atoms with E-state index in [-0.39, 0.29) is 6.54 Å². The van der Waals surface area contributed by atoms with Crippen LogP contribution in [0, 0.1) is 0 Å². The largest absolute Gasteiger partial charge is 0.416 e. The van der Waals surface area contributed by atoms with Crippen molar-refractivity contribution in [2.45, 2.75) is 51.6 Å². The molecule has 3 aromatic rings. The predicted molar refractivity (Wildman–Crippen MR) is 101 cm³/mol. The molecule has 4 nitrogen and oxygen atoms in total. The molecule has 150 valence electrons. The average molecular weight is 391 g/mol. The summed E-state index contributed by atoms with van der Waals surface area (Å²) < 4.78 is 42.0. The maximum absolute atomic E-state index is 12.8. The van der Waals surface area contributed by atoms with Crippen LogP contribution in [0.25, 0.3) is 0 Å². The quantitative estimate of drug-likeness (QED) is 0.622. The normalized spacial score (nSPS) is 13.0. The van der Waals surface area contributed by atoms with Gasteiger partial charge in [0.1, 0.15) is 0 Å². The first-order valence-corrected chi connectivity index (χ1v) is 9.33. The molecular formula is C21H24F3N3O. The zero-order chi connectivity index (χ0) is 20.1. The van der Waals surface area contributed by atoms with Gasteiger partial charge in [0.25, 0.3) is 0 Å². The number of benzene rings is 1. The molecule has 0 radical (unpaired) electrons. The minimum atomic E-state index is -4.36. The van der Waals surface area contributed by atoms with Gasteiger partial charge in [-0.3, -0.25) is 4.68 Å². The van der Waals surface area contributed by atoms with Crippen LogP contribution < -0.4 is 0 Å². The molecule has 0 saturated heterocycles. The van der Waals surface area contributed by atoms with E-state index in [0.717, 1.165) is 30.5 Å². The summed E-state index contributed by atoms with van der Waals surface area (Å²) in [5, 5.41) is 14.5. The van der Waals surface area contributed by atoms with Gasteiger partial charge in [0, 0.05) is 31.6 Å². The second-order valence-corrected chi connectivity index (χ2v) is 7.07. The Kier molecular flexibility index (Phi) is 6.24. The van der Waals surface area contributed by atoms with Gasteiger partial charge in [-0.1, -0.05) is 25.5 Å². The van der Waals surface area contributed by atoms with Crippen LogP contribution in [0.15, 0.2) is 55.1 Å². The van der Waals surface area contributed by atoms with Crippen molar-refractivity contribution in [3.63, 3.8) is 0 Å². The lowest BCUT2D eigenvalue weighted by Gasteiger charge is -2.10. The molecular weight excluding hydrogens is 367 g/mol. The first kappa shape index (κ1) is 20.2. The SMILES string of the molecule is CCCc1ccn(CC(O)Cc2cnn(Cc3cccc(C(F)(F)F)c3)c2)c1. The molecule has 0 aliphatic heterocycles. The van der Waals surface area contributed by atoms with Crippen molar-refractivity contribution in [3.05, 3.63) is 77.4 Å². The number of hydrogen-bond acceptors (Lipinski definition) is 2. The molecule has 1 unspecified atom stereocenters. The second-order valence-electron chi connectivity index (χ2n) is 7.07. The minimum Gasteiger partial charge on any atom is -0.391 e. The molecule has 0 fully saturated rings. The molecule has 1 atom stereocenters. The zero-order valence-corrected chi connectivity index (χ0v) is 15.7. The minimum absolute atomic E-state index is 0.248. The van der Waals surface area contributed by atoms with Gasteiger partial charge >= 0.3 is 6.18 Å². The van der Waals surface area contributed by atoms with Crippen LogP contribution in [0.5, 0.6) is 0 Å². The zero-order valence-electron chi connectivity index (χ0n) is 15.7. The summed E-state index contributed by atoms with van der Waals surface area (Å²) in [5.41, 5.74) is 1.96. The highest BCUT2D eigenvalue weighted by atomic mass is 19.4. The van der Waals surface area contributed by atoms with Crippen molar-refractivity contribution in [1.82, 2.24) is 14.3 Å². The van der Waals surface area contributed by atoms with Crippen molar-refractivity contribution in [1.29, 1.82) is 0 Å². The lowest BCUT2D eigenvalue weighted by Crippen LogP contribution is -2.17. The fourth-order valence-corrected chi connectivity index (χ4v) is 3.25. The van der Waals surface area contributed by atoms with Crippen molar-refractivity contribution < 1.29 is 18.3 Å². The van der Waals surface area contributed by atoms with Crippen LogP contribution in [-0.2, 0) is 32.1 Å². The summed E-state index contributed by atoms with van der Waals surface area (Å²) in [5.74, 6) is 0. The maximum atomic E-state index is 12.8. The van der Waals surface area contributed by atoms with E-state index in [2.05, 4.69) is 18.1 Å². The van der Waals surface area contributed by atoms with Gasteiger partial charge < -0.3 is 9.67 Å². The highest BCUT2D eigenvalue weighted by Gasteiger charge is 2.30. The second kappa shape index (κ2) is 8.65. The molecule has 0 bridgehead atoms. The first-order chi connectivity index (χ1) is 13.3. The fraction of sp³-hybridized carbons (Fsp3) is 0.381. The summed E-state index contributed by atoms with van der Waals surface area (Å²) in [6, 6.07) is 7.29. The Labute approximate surface area is 162 Å². The number of aromatic nitrogens is 3. The van der Waals surface area contributed by atoms with E-state index in [4.69, 9.17) is 0 Å².